The molecule has 0 spiro atoms. The van der Waals surface area contributed by atoms with Gasteiger partial charge in [0, 0.05) is 0 Å². The molecule has 7 nitrogen and oxygen atoms in total. The van der Waals surface area contributed by atoms with Crippen LogP contribution in [-0.2, 0) is 14.8 Å². The average molecular weight is 361 g/mol. The van der Waals surface area contributed by atoms with E-state index in [0.29, 0.717) is 6.61 Å². The number of carbonyl (C=O) groups excluding carboxylic acids is 1. The summed E-state index contributed by atoms with van der Waals surface area (Å²) in [5, 5.41) is 3.79. The molecule has 0 atom stereocenters. The van der Waals surface area contributed by atoms with Gasteiger partial charge < -0.3 is 4.74 Å². The van der Waals surface area contributed by atoms with E-state index in [4.69, 9.17) is 4.74 Å². The number of nitrogens with one attached hydrogen (secondary N) is 2. The Labute approximate surface area is 146 Å². The molecule has 0 heterocycles. The van der Waals surface area contributed by atoms with Crippen molar-refractivity contribution >= 4 is 22.1 Å². The number of hydrogen-bond donors (Lipinski definition) is 2. The molecule has 0 unspecified atom stereocenters. The maximum absolute atomic E-state index is 12.0. The van der Waals surface area contributed by atoms with Gasteiger partial charge in [-0.1, -0.05) is 18.2 Å². The predicted octanol–water partition coefficient (Wildman–Crippen LogP) is 1.51. The largest absolute Gasteiger partial charge is 0.494 e. The van der Waals surface area contributed by atoms with Crippen molar-refractivity contribution in [3.63, 3.8) is 0 Å². The van der Waals surface area contributed by atoms with Crippen LogP contribution in [-0.4, -0.2) is 33.7 Å². The molecule has 0 aliphatic rings. The van der Waals surface area contributed by atoms with Crippen LogP contribution >= 0.6 is 0 Å². The second kappa shape index (κ2) is 8.95. The number of sulfonamides is 1. The standard InChI is InChI=1S/C17H19N3O4S/c1-2-24-15-10-8-14(9-11-15)12-18-20-17(21)13-19-25(22,23)16-6-4-3-5-7-16/h3-12,19H,2,13H2,1H3,(H,20,21). The molecule has 0 fully saturated rings. The van der Waals surface area contributed by atoms with Gasteiger partial charge in [-0.3, -0.25) is 4.79 Å². The summed E-state index contributed by atoms with van der Waals surface area (Å²) in [6.07, 6.45) is 1.46. The van der Waals surface area contributed by atoms with Crippen LogP contribution in [0.1, 0.15) is 12.5 Å². The smallest absolute Gasteiger partial charge is 0.255 e. The van der Waals surface area contributed by atoms with E-state index >= 15 is 0 Å². The van der Waals surface area contributed by atoms with Crippen LogP contribution in [0.2, 0.25) is 0 Å². The Morgan fingerprint density at radius 2 is 1.80 bits per heavy atom. The average Bonchev–Trinajstić information content (AvgIpc) is 2.63. The highest BCUT2D eigenvalue weighted by atomic mass is 32.2. The van der Waals surface area contributed by atoms with Crippen molar-refractivity contribution in [3.05, 3.63) is 60.2 Å². The highest BCUT2D eigenvalue weighted by Crippen LogP contribution is 2.10. The van der Waals surface area contributed by atoms with Gasteiger partial charge in [-0.2, -0.15) is 5.10 Å². The summed E-state index contributed by atoms with van der Waals surface area (Å²) < 4.78 is 31.5. The van der Waals surface area contributed by atoms with Crippen LogP contribution in [0.5, 0.6) is 5.75 Å². The first-order chi connectivity index (χ1) is 12.0. The van der Waals surface area contributed by atoms with Gasteiger partial charge in [-0.05, 0) is 48.9 Å². The van der Waals surface area contributed by atoms with E-state index in [0.717, 1.165) is 11.3 Å². The topological polar surface area (TPSA) is 96.9 Å². The molecule has 0 saturated carbocycles. The van der Waals surface area contributed by atoms with Crippen molar-refractivity contribution in [3.8, 4) is 5.75 Å². The maximum atomic E-state index is 12.0. The summed E-state index contributed by atoms with van der Waals surface area (Å²) in [5.41, 5.74) is 3.04. The molecule has 1 amide bonds. The Hall–Kier alpha value is -2.71. The Morgan fingerprint density at radius 1 is 1.12 bits per heavy atom. The Kier molecular flexibility index (Phi) is 6.67. The molecule has 2 N–H and O–H groups in total. The maximum Gasteiger partial charge on any atom is 0.255 e. The fraction of sp³-hybridized carbons (Fsp3) is 0.176. The first-order valence-electron chi connectivity index (χ1n) is 7.61. The first-order valence-corrected chi connectivity index (χ1v) is 9.09. The number of amides is 1. The van der Waals surface area contributed by atoms with Gasteiger partial charge in [0.15, 0.2) is 0 Å². The summed E-state index contributed by atoms with van der Waals surface area (Å²) in [6.45, 7) is 2.08. The number of carbonyl (C=O) groups is 1. The zero-order chi connectivity index (χ0) is 18.1. The molecule has 2 rings (SSSR count). The molecule has 2 aromatic rings. The fourth-order valence-electron chi connectivity index (χ4n) is 1.88. The number of benzene rings is 2. The molecular weight excluding hydrogens is 342 g/mol. The highest BCUT2D eigenvalue weighted by Gasteiger charge is 2.14. The van der Waals surface area contributed by atoms with Crippen LogP contribution in [0.25, 0.3) is 0 Å². The van der Waals surface area contributed by atoms with E-state index in [1.54, 1.807) is 42.5 Å². The highest BCUT2D eigenvalue weighted by molar-refractivity contribution is 7.89. The number of hydrazone groups is 1. The van der Waals surface area contributed by atoms with Gasteiger partial charge in [0.05, 0.1) is 24.3 Å². The van der Waals surface area contributed by atoms with Crippen LogP contribution in [0.3, 0.4) is 0 Å². The minimum Gasteiger partial charge on any atom is -0.494 e. The zero-order valence-corrected chi connectivity index (χ0v) is 14.5. The van der Waals surface area contributed by atoms with Crippen molar-refractivity contribution < 1.29 is 17.9 Å². The molecule has 132 valence electrons. The van der Waals surface area contributed by atoms with Gasteiger partial charge in [-0.25, -0.2) is 18.6 Å². The van der Waals surface area contributed by atoms with Gasteiger partial charge in [0.25, 0.3) is 5.91 Å². The van der Waals surface area contributed by atoms with Gasteiger partial charge in [0.2, 0.25) is 10.0 Å². The monoisotopic (exact) mass is 361 g/mol. The summed E-state index contributed by atoms with van der Waals surface area (Å²) in [7, 11) is -3.72. The summed E-state index contributed by atoms with van der Waals surface area (Å²) in [4.78, 5) is 11.8. The van der Waals surface area contributed by atoms with Gasteiger partial charge >= 0.3 is 0 Å². The molecule has 0 aliphatic heterocycles. The van der Waals surface area contributed by atoms with E-state index in [2.05, 4.69) is 15.2 Å². The van der Waals surface area contributed by atoms with Crippen molar-refractivity contribution in [2.45, 2.75) is 11.8 Å². The minimum atomic E-state index is -3.72. The van der Waals surface area contributed by atoms with Crippen LogP contribution in [0.4, 0.5) is 0 Å². The SMILES string of the molecule is CCOc1ccc(C=NNC(=O)CNS(=O)(=O)c2ccccc2)cc1. The summed E-state index contributed by atoms with van der Waals surface area (Å²) >= 11 is 0. The molecular formula is C17H19N3O4S. The van der Waals surface area contributed by atoms with Crippen molar-refractivity contribution in [1.29, 1.82) is 0 Å². The normalized spacial score (nSPS) is 11.4. The Balaban J connectivity index is 1.82. The van der Waals surface area contributed by atoms with Crippen LogP contribution in [0, 0.1) is 0 Å². The number of hydrogen-bond acceptors (Lipinski definition) is 5. The third-order valence-electron chi connectivity index (χ3n) is 3.07. The lowest BCUT2D eigenvalue weighted by Crippen LogP contribution is -2.34. The summed E-state index contributed by atoms with van der Waals surface area (Å²) in [6, 6.07) is 15.0. The van der Waals surface area contributed by atoms with Crippen molar-refractivity contribution in [2.24, 2.45) is 5.10 Å². The second-order valence-corrected chi connectivity index (χ2v) is 6.70. The van der Waals surface area contributed by atoms with Crippen molar-refractivity contribution in [2.75, 3.05) is 13.2 Å². The molecule has 8 heteroatoms. The Morgan fingerprint density at radius 3 is 2.44 bits per heavy atom. The van der Waals surface area contributed by atoms with E-state index in [9.17, 15) is 13.2 Å². The quantitative estimate of drug-likeness (QED) is 0.550. The lowest BCUT2D eigenvalue weighted by Gasteiger charge is -2.05. The van der Waals surface area contributed by atoms with E-state index in [1.165, 1.54) is 18.3 Å². The molecule has 0 saturated heterocycles. The molecule has 0 bridgehead atoms. The fourth-order valence-corrected chi connectivity index (χ4v) is 2.88. The lowest BCUT2D eigenvalue weighted by molar-refractivity contribution is -0.119. The molecule has 0 radical (unpaired) electrons. The van der Waals surface area contributed by atoms with E-state index < -0.39 is 22.5 Å². The second-order valence-electron chi connectivity index (χ2n) is 4.93. The molecule has 2 aromatic carbocycles. The van der Waals surface area contributed by atoms with Gasteiger partial charge in [0.1, 0.15) is 5.75 Å². The van der Waals surface area contributed by atoms with E-state index in [1.807, 2.05) is 6.92 Å². The summed E-state index contributed by atoms with van der Waals surface area (Å²) in [5.74, 6) is 0.181. The molecule has 0 aromatic heterocycles. The number of ether oxygens (including phenoxy) is 1. The molecule has 25 heavy (non-hydrogen) atoms. The predicted molar refractivity (Wildman–Crippen MR) is 95.0 cm³/mol. The van der Waals surface area contributed by atoms with E-state index in [-0.39, 0.29) is 4.90 Å². The van der Waals surface area contributed by atoms with Gasteiger partial charge in [-0.15, -0.1) is 0 Å². The van der Waals surface area contributed by atoms with Crippen molar-refractivity contribution in [1.82, 2.24) is 10.1 Å². The number of rotatable bonds is 8. The Bertz CT molecular complexity index is 819. The first kappa shape index (κ1) is 18.6. The van der Waals surface area contributed by atoms with Crippen LogP contribution in [0.15, 0.2) is 64.6 Å². The van der Waals surface area contributed by atoms with Crippen LogP contribution < -0.4 is 14.9 Å². The third-order valence-corrected chi connectivity index (χ3v) is 4.49. The molecule has 0 aliphatic carbocycles. The number of nitrogens with zero attached hydrogens (tertiary/aromatic N) is 1. The third kappa shape index (κ3) is 6.02. The minimum absolute atomic E-state index is 0.0979. The zero-order valence-electron chi connectivity index (χ0n) is 13.7. The lowest BCUT2D eigenvalue weighted by atomic mass is 10.2.